The number of nitrogens with zero attached hydrogens (tertiary/aromatic N) is 2. The van der Waals surface area contributed by atoms with Crippen molar-refractivity contribution in [2.75, 3.05) is 12.4 Å². The van der Waals surface area contributed by atoms with Crippen molar-refractivity contribution in [3.05, 3.63) is 87.7 Å². The molecule has 1 amide bonds. The number of nitrogens with one attached hydrogen (secondary N) is 1. The number of nitriles is 1. The maximum atomic E-state index is 12.6. The molecule has 2 aromatic carbocycles. The van der Waals surface area contributed by atoms with Crippen LogP contribution in [0.2, 0.25) is 5.02 Å². The minimum atomic E-state index is -0.560. The van der Waals surface area contributed by atoms with E-state index in [1.54, 1.807) is 36.4 Å². The molecule has 0 aliphatic heterocycles. The van der Waals surface area contributed by atoms with Crippen LogP contribution >= 0.6 is 11.6 Å². The summed E-state index contributed by atoms with van der Waals surface area (Å²) in [5, 5.41) is 12.6. The van der Waals surface area contributed by atoms with Crippen LogP contribution in [0.5, 0.6) is 0 Å². The Labute approximate surface area is 185 Å². The van der Waals surface area contributed by atoms with E-state index < -0.39 is 11.9 Å². The summed E-state index contributed by atoms with van der Waals surface area (Å²) in [6.45, 7) is 3.74. The zero-order chi connectivity index (χ0) is 22.5. The highest BCUT2D eigenvalue weighted by Crippen LogP contribution is 2.26. The van der Waals surface area contributed by atoms with Gasteiger partial charge in [0.2, 0.25) is 0 Å². The van der Waals surface area contributed by atoms with E-state index in [0.717, 1.165) is 11.4 Å². The lowest BCUT2D eigenvalue weighted by Gasteiger charge is -2.13. The van der Waals surface area contributed by atoms with Crippen LogP contribution in [0.3, 0.4) is 0 Å². The number of hydrogen-bond acceptors (Lipinski definition) is 4. The van der Waals surface area contributed by atoms with Crippen LogP contribution in [0.4, 0.5) is 5.69 Å². The number of para-hydroxylation sites is 2. The number of halogens is 1. The molecule has 0 spiro atoms. The highest BCUT2D eigenvalue weighted by Gasteiger charge is 2.18. The summed E-state index contributed by atoms with van der Waals surface area (Å²) < 4.78 is 6.78. The van der Waals surface area contributed by atoms with Gasteiger partial charge in [0.15, 0.2) is 0 Å². The van der Waals surface area contributed by atoms with Gasteiger partial charge in [0.1, 0.15) is 11.6 Å². The first-order valence-corrected chi connectivity index (χ1v) is 9.79. The lowest BCUT2D eigenvalue weighted by Crippen LogP contribution is -2.13. The second kappa shape index (κ2) is 9.33. The topological polar surface area (TPSA) is 84.1 Å². The Hall–Kier alpha value is -3.82. The van der Waals surface area contributed by atoms with Gasteiger partial charge in [0.25, 0.3) is 5.91 Å². The maximum absolute atomic E-state index is 12.6. The van der Waals surface area contributed by atoms with E-state index in [1.165, 1.54) is 13.2 Å². The molecule has 0 unspecified atom stereocenters. The molecule has 0 radical (unpaired) electrons. The summed E-state index contributed by atoms with van der Waals surface area (Å²) in [5.74, 6) is -1.01. The van der Waals surface area contributed by atoms with E-state index in [2.05, 4.69) is 5.32 Å². The first-order chi connectivity index (χ1) is 14.9. The van der Waals surface area contributed by atoms with Crippen molar-refractivity contribution in [2.45, 2.75) is 13.8 Å². The van der Waals surface area contributed by atoms with Crippen molar-refractivity contribution in [2.24, 2.45) is 0 Å². The number of ether oxygens (including phenoxy) is 1. The molecule has 0 aliphatic carbocycles. The molecule has 3 rings (SSSR count). The minimum Gasteiger partial charge on any atom is -0.465 e. The summed E-state index contributed by atoms with van der Waals surface area (Å²) in [6, 6.07) is 17.7. The first kappa shape index (κ1) is 21.9. The molecule has 0 fully saturated rings. The summed E-state index contributed by atoms with van der Waals surface area (Å²) in [4.78, 5) is 24.8. The Morgan fingerprint density at radius 1 is 1.13 bits per heavy atom. The van der Waals surface area contributed by atoms with Gasteiger partial charge >= 0.3 is 5.97 Å². The predicted octanol–water partition coefficient (Wildman–Crippen LogP) is 5.08. The third-order valence-corrected chi connectivity index (χ3v) is 5.14. The van der Waals surface area contributed by atoms with E-state index in [1.807, 2.05) is 42.7 Å². The monoisotopic (exact) mass is 433 g/mol. The van der Waals surface area contributed by atoms with E-state index in [9.17, 15) is 14.9 Å². The number of anilines is 1. The van der Waals surface area contributed by atoms with E-state index in [0.29, 0.717) is 27.5 Å². The van der Waals surface area contributed by atoms with Crippen LogP contribution in [-0.2, 0) is 9.53 Å². The van der Waals surface area contributed by atoms with Gasteiger partial charge in [-0.25, -0.2) is 4.79 Å². The van der Waals surface area contributed by atoms with Crippen LogP contribution in [-0.4, -0.2) is 23.6 Å². The summed E-state index contributed by atoms with van der Waals surface area (Å²) in [6.07, 6.45) is 1.52. The Morgan fingerprint density at radius 3 is 2.48 bits per heavy atom. The highest BCUT2D eigenvalue weighted by atomic mass is 35.5. The molecule has 156 valence electrons. The second-order valence-electron chi connectivity index (χ2n) is 6.77. The Balaban J connectivity index is 2.01. The van der Waals surface area contributed by atoms with E-state index in [4.69, 9.17) is 16.3 Å². The van der Waals surface area contributed by atoms with Gasteiger partial charge in [-0.1, -0.05) is 35.9 Å². The van der Waals surface area contributed by atoms with Gasteiger partial charge in [0, 0.05) is 11.4 Å². The fourth-order valence-corrected chi connectivity index (χ4v) is 3.49. The molecule has 0 atom stereocenters. The molecular formula is C24H20ClN3O3. The zero-order valence-corrected chi connectivity index (χ0v) is 18.0. The van der Waals surface area contributed by atoms with Crippen molar-refractivity contribution in [1.82, 2.24) is 4.57 Å². The first-order valence-electron chi connectivity index (χ1n) is 9.41. The Morgan fingerprint density at radius 2 is 1.81 bits per heavy atom. The smallest absolute Gasteiger partial charge is 0.339 e. The number of carbonyl (C=O) groups is 2. The largest absolute Gasteiger partial charge is 0.465 e. The normalized spacial score (nSPS) is 11.0. The van der Waals surface area contributed by atoms with Gasteiger partial charge < -0.3 is 14.6 Å². The van der Waals surface area contributed by atoms with Gasteiger partial charge in [-0.05, 0) is 55.8 Å². The van der Waals surface area contributed by atoms with Gasteiger partial charge in [-0.2, -0.15) is 5.26 Å². The van der Waals surface area contributed by atoms with Crippen molar-refractivity contribution in [3.63, 3.8) is 0 Å². The molecule has 0 saturated heterocycles. The standard InChI is InChI=1S/C24H20ClN3O3/c1-15-12-17(13-18(14-26)23(29)27-21-10-6-5-9-20(21)25)16(2)28(15)22-11-7-4-8-19(22)24(30)31-3/h4-13H,1-3H3,(H,27,29)/b18-13-. The summed E-state index contributed by atoms with van der Waals surface area (Å²) >= 11 is 6.09. The van der Waals surface area contributed by atoms with Gasteiger partial charge in [0.05, 0.1) is 29.1 Å². The van der Waals surface area contributed by atoms with E-state index in [-0.39, 0.29) is 5.57 Å². The third kappa shape index (κ3) is 4.52. The molecule has 0 bridgehead atoms. The lowest BCUT2D eigenvalue weighted by atomic mass is 10.1. The number of benzene rings is 2. The number of rotatable bonds is 5. The molecule has 7 heteroatoms. The van der Waals surface area contributed by atoms with Crippen molar-refractivity contribution in [3.8, 4) is 11.8 Å². The Kier molecular flexibility index (Phi) is 6.58. The number of carbonyl (C=O) groups excluding carboxylic acids is 2. The van der Waals surface area contributed by atoms with Gasteiger partial charge in [-0.3, -0.25) is 4.79 Å². The molecular weight excluding hydrogens is 414 g/mol. The average Bonchev–Trinajstić information content (AvgIpc) is 3.05. The quantitative estimate of drug-likeness (QED) is 0.345. The minimum absolute atomic E-state index is 0.0681. The third-order valence-electron chi connectivity index (χ3n) is 4.81. The second-order valence-corrected chi connectivity index (χ2v) is 7.18. The number of aromatic nitrogens is 1. The van der Waals surface area contributed by atoms with Crippen LogP contribution in [0, 0.1) is 25.2 Å². The molecule has 6 nitrogen and oxygen atoms in total. The van der Waals surface area contributed by atoms with Gasteiger partial charge in [-0.15, -0.1) is 0 Å². The van der Waals surface area contributed by atoms with Crippen molar-refractivity contribution in [1.29, 1.82) is 5.26 Å². The van der Waals surface area contributed by atoms with Crippen LogP contribution in [0.25, 0.3) is 11.8 Å². The summed E-state index contributed by atoms with van der Waals surface area (Å²) in [5.41, 5.74) is 3.72. The number of esters is 1. The molecule has 1 N–H and O–H groups in total. The lowest BCUT2D eigenvalue weighted by molar-refractivity contribution is -0.112. The molecule has 0 saturated carbocycles. The zero-order valence-electron chi connectivity index (χ0n) is 17.3. The number of methoxy groups -OCH3 is 1. The maximum Gasteiger partial charge on any atom is 0.339 e. The molecule has 3 aromatic rings. The van der Waals surface area contributed by atoms with Crippen molar-refractivity contribution < 1.29 is 14.3 Å². The predicted molar refractivity (Wildman–Crippen MR) is 120 cm³/mol. The number of hydrogen-bond donors (Lipinski definition) is 1. The Bertz CT molecular complexity index is 1240. The SMILES string of the molecule is COC(=O)c1ccccc1-n1c(C)cc(/C=C(/C#N)C(=O)Nc2ccccc2Cl)c1C. The average molecular weight is 434 g/mol. The molecule has 0 aliphatic rings. The van der Waals surface area contributed by atoms with E-state index >= 15 is 0 Å². The molecule has 1 heterocycles. The summed E-state index contributed by atoms with van der Waals surface area (Å²) in [7, 11) is 1.33. The number of aryl methyl sites for hydroxylation is 1. The highest BCUT2D eigenvalue weighted by molar-refractivity contribution is 6.34. The fourth-order valence-electron chi connectivity index (χ4n) is 3.31. The van der Waals surface area contributed by atoms with Crippen LogP contribution in [0.15, 0.2) is 60.2 Å². The number of amides is 1. The molecule has 31 heavy (non-hydrogen) atoms. The van der Waals surface area contributed by atoms with Crippen LogP contribution < -0.4 is 5.32 Å². The van der Waals surface area contributed by atoms with Crippen LogP contribution in [0.1, 0.15) is 27.3 Å². The fraction of sp³-hybridized carbons (Fsp3) is 0.125. The molecule has 1 aromatic heterocycles. The van der Waals surface area contributed by atoms with Crippen molar-refractivity contribution >= 4 is 35.2 Å².